The number of benzene rings is 2. The quantitative estimate of drug-likeness (QED) is 0.572. The van der Waals surface area contributed by atoms with Crippen LogP contribution in [0, 0.1) is 0 Å². The highest BCUT2D eigenvalue weighted by Crippen LogP contribution is 2.31. The molecule has 0 aliphatic rings. The van der Waals surface area contributed by atoms with Gasteiger partial charge in [-0.25, -0.2) is 4.98 Å². The van der Waals surface area contributed by atoms with E-state index in [0.717, 1.165) is 20.1 Å². The Kier molecular flexibility index (Phi) is 5.66. The van der Waals surface area contributed by atoms with Gasteiger partial charge in [0, 0.05) is 10.0 Å². The molecule has 3 aromatic rings. The molecule has 1 N–H and O–H groups in total. The fraction of sp³-hybridized carbons (Fsp3) is 0.176. The zero-order valence-corrected chi connectivity index (χ0v) is 15.9. The Balaban J connectivity index is 1.58. The summed E-state index contributed by atoms with van der Waals surface area (Å²) in [6.45, 7) is 1.94. The number of amides is 1. The third-order valence-electron chi connectivity index (χ3n) is 3.38. The summed E-state index contributed by atoms with van der Waals surface area (Å²) in [4.78, 5) is 16.6. The molecular weight excluding hydrogens is 383 g/mol. The molecular formula is C17H14Cl2N2OS2. The van der Waals surface area contributed by atoms with Gasteiger partial charge in [-0.15, -0.1) is 11.3 Å². The van der Waals surface area contributed by atoms with Gasteiger partial charge in [0.25, 0.3) is 0 Å². The van der Waals surface area contributed by atoms with Crippen molar-refractivity contribution in [2.75, 3.05) is 5.75 Å². The zero-order valence-electron chi connectivity index (χ0n) is 12.8. The summed E-state index contributed by atoms with van der Waals surface area (Å²) < 4.78 is 1.92. The molecule has 1 amide bonds. The second-order valence-corrected chi connectivity index (χ2v) is 8.35. The van der Waals surface area contributed by atoms with Crippen LogP contribution in [0.2, 0.25) is 10.0 Å². The van der Waals surface area contributed by atoms with Gasteiger partial charge in [0.1, 0.15) is 0 Å². The summed E-state index contributed by atoms with van der Waals surface area (Å²) in [5, 5.41) is 4.30. The fourth-order valence-electron chi connectivity index (χ4n) is 2.21. The monoisotopic (exact) mass is 396 g/mol. The predicted octanol–water partition coefficient (Wildman–Crippen LogP) is 5.57. The van der Waals surface area contributed by atoms with Crippen molar-refractivity contribution in [2.45, 2.75) is 17.3 Å². The van der Waals surface area contributed by atoms with Crippen molar-refractivity contribution in [3.63, 3.8) is 0 Å². The first-order valence-electron chi connectivity index (χ1n) is 7.25. The van der Waals surface area contributed by atoms with Gasteiger partial charge < -0.3 is 5.32 Å². The van der Waals surface area contributed by atoms with Crippen molar-refractivity contribution in [2.24, 2.45) is 0 Å². The largest absolute Gasteiger partial charge is 0.349 e. The third kappa shape index (κ3) is 4.42. The minimum absolute atomic E-state index is 0.0373. The van der Waals surface area contributed by atoms with Crippen molar-refractivity contribution >= 4 is 62.4 Å². The van der Waals surface area contributed by atoms with Crippen LogP contribution in [-0.4, -0.2) is 16.6 Å². The van der Waals surface area contributed by atoms with E-state index in [0.29, 0.717) is 15.8 Å². The first-order chi connectivity index (χ1) is 11.5. The normalized spacial score (nSPS) is 12.3. The Hall–Kier alpha value is -1.27. The smallest absolute Gasteiger partial charge is 0.230 e. The first kappa shape index (κ1) is 17.5. The minimum atomic E-state index is -0.0917. The Morgan fingerprint density at radius 2 is 2.04 bits per heavy atom. The Morgan fingerprint density at radius 3 is 2.83 bits per heavy atom. The zero-order chi connectivity index (χ0) is 17.1. The van der Waals surface area contributed by atoms with E-state index in [4.69, 9.17) is 23.2 Å². The lowest BCUT2D eigenvalue weighted by molar-refractivity contribution is -0.119. The number of halogens is 2. The number of thiazole rings is 1. The predicted molar refractivity (Wildman–Crippen MR) is 103 cm³/mol. The highest BCUT2D eigenvalue weighted by molar-refractivity contribution is 8.01. The molecule has 1 atom stereocenters. The molecule has 3 nitrogen and oxygen atoms in total. The number of rotatable bonds is 5. The van der Waals surface area contributed by atoms with Crippen molar-refractivity contribution in [3.05, 3.63) is 58.1 Å². The molecule has 1 heterocycles. The van der Waals surface area contributed by atoms with Crippen LogP contribution in [0.25, 0.3) is 10.2 Å². The van der Waals surface area contributed by atoms with Gasteiger partial charge in [-0.1, -0.05) is 47.1 Å². The third-order valence-corrected chi connectivity index (χ3v) is 6.03. The average Bonchev–Trinajstić information content (AvgIpc) is 2.95. The molecule has 2 aromatic carbocycles. The molecule has 0 aliphatic carbocycles. The van der Waals surface area contributed by atoms with Crippen molar-refractivity contribution in [1.29, 1.82) is 0 Å². The summed E-state index contributed by atoms with van der Waals surface area (Å²) in [5.74, 6) is 0.281. The summed E-state index contributed by atoms with van der Waals surface area (Å²) in [6.07, 6.45) is 0. The molecule has 0 fully saturated rings. The number of hydrogen-bond acceptors (Lipinski definition) is 4. The second-order valence-electron chi connectivity index (χ2n) is 5.22. The number of fused-ring (bicyclic) bond motifs is 1. The number of carbonyl (C=O) groups is 1. The second kappa shape index (κ2) is 7.74. The number of aromatic nitrogens is 1. The Labute approximate surface area is 158 Å². The SMILES string of the molecule is C[C@@H](NC(=O)CSc1nc2cc(Cl)ccc2s1)c1cccc(Cl)c1. The standard InChI is InChI=1S/C17H14Cl2N2OS2/c1-10(11-3-2-4-12(18)7-11)20-16(22)9-23-17-21-14-8-13(19)5-6-15(14)24-17/h2-8,10H,9H2,1H3,(H,20,22)/t10-/m1/s1. The molecule has 0 spiro atoms. The lowest BCUT2D eigenvalue weighted by atomic mass is 10.1. The molecule has 0 unspecified atom stereocenters. The van der Waals surface area contributed by atoms with E-state index in [-0.39, 0.29) is 11.9 Å². The van der Waals surface area contributed by atoms with E-state index in [1.54, 1.807) is 11.3 Å². The van der Waals surface area contributed by atoms with E-state index in [1.165, 1.54) is 11.8 Å². The lowest BCUT2D eigenvalue weighted by Crippen LogP contribution is -2.28. The summed E-state index contributed by atoms with van der Waals surface area (Å²) in [7, 11) is 0. The van der Waals surface area contributed by atoms with Crippen LogP contribution in [0.4, 0.5) is 0 Å². The van der Waals surface area contributed by atoms with Gasteiger partial charge in [0.2, 0.25) is 5.91 Å². The number of carbonyl (C=O) groups excluding carboxylic acids is 1. The van der Waals surface area contributed by atoms with Crippen LogP contribution in [0.5, 0.6) is 0 Å². The van der Waals surface area contributed by atoms with Crippen molar-refractivity contribution in [1.82, 2.24) is 10.3 Å². The van der Waals surface area contributed by atoms with E-state index < -0.39 is 0 Å². The molecule has 0 saturated heterocycles. The van der Waals surface area contributed by atoms with Gasteiger partial charge >= 0.3 is 0 Å². The summed E-state index contributed by atoms with van der Waals surface area (Å²) in [5.41, 5.74) is 1.85. The van der Waals surface area contributed by atoms with E-state index in [2.05, 4.69) is 10.3 Å². The molecule has 124 valence electrons. The van der Waals surface area contributed by atoms with Crippen LogP contribution >= 0.6 is 46.3 Å². The molecule has 0 saturated carbocycles. The van der Waals surface area contributed by atoms with Crippen molar-refractivity contribution in [3.8, 4) is 0 Å². The number of nitrogens with one attached hydrogen (secondary N) is 1. The van der Waals surface area contributed by atoms with E-state index in [9.17, 15) is 4.79 Å². The van der Waals surface area contributed by atoms with Gasteiger partial charge in [-0.3, -0.25) is 4.79 Å². The Bertz CT molecular complexity index is 882. The van der Waals surface area contributed by atoms with Crippen LogP contribution in [0.1, 0.15) is 18.5 Å². The van der Waals surface area contributed by atoms with Crippen molar-refractivity contribution < 1.29 is 4.79 Å². The molecule has 24 heavy (non-hydrogen) atoms. The topological polar surface area (TPSA) is 42.0 Å². The van der Waals surface area contributed by atoms with E-state index in [1.807, 2.05) is 49.4 Å². The van der Waals surface area contributed by atoms with Crippen LogP contribution in [0.15, 0.2) is 46.8 Å². The van der Waals surface area contributed by atoms with Crippen LogP contribution in [-0.2, 0) is 4.79 Å². The maximum Gasteiger partial charge on any atom is 0.230 e. The molecule has 0 bridgehead atoms. The van der Waals surface area contributed by atoms with E-state index >= 15 is 0 Å². The molecule has 7 heteroatoms. The summed E-state index contributed by atoms with van der Waals surface area (Å²) >= 11 is 14.9. The maximum absolute atomic E-state index is 12.1. The fourth-order valence-corrected chi connectivity index (χ4v) is 4.44. The number of hydrogen-bond donors (Lipinski definition) is 1. The molecule has 0 radical (unpaired) electrons. The minimum Gasteiger partial charge on any atom is -0.349 e. The highest BCUT2D eigenvalue weighted by atomic mass is 35.5. The molecule has 3 rings (SSSR count). The van der Waals surface area contributed by atoms with Gasteiger partial charge in [0.05, 0.1) is 22.0 Å². The molecule has 0 aliphatic heterocycles. The Morgan fingerprint density at radius 1 is 1.25 bits per heavy atom. The average molecular weight is 397 g/mol. The summed E-state index contributed by atoms with van der Waals surface area (Å²) in [6, 6.07) is 13.0. The number of nitrogens with zero attached hydrogens (tertiary/aromatic N) is 1. The van der Waals surface area contributed by atoms with Crippen LogP contribution in [0.3, 0.4) is 0 Å². The number of thioether (sulfide) groups is 1. The van der Waals surface area contributed by atoms with Crippen LogP contribution < -0.4 is 5.32 Å². The van der Waals surface area contributed by atoms with Gasteiger partial charge in [-0.05, 0) is 42.8 Å². The van der Waals surface area contributed by atoms with Gasteiger partial charge in [-0.2, -0.15) is 0 Å². The highest BCUT2D eigenvalue weighted by Gasteiger charge is 2.12. The van der Waals surface area contributed by atoms with Gasteiger partial charge in [0.15, 0.2) is 4.34 Å². The maximum atomic E-state index is 12.1. The lowest BCUT2D eigenvalue weighted by Gasteiger charge is -2.14. The first-order valence-corrected chi connectivity index (χ1v) is 9.81. The molecule has 1 aromatic heterocycles.